The van der Waals surface area contributed by atoms with Gasteiger partial charge in [0.2, 0.25) is 0 Å². The van der Waals surface area contributed by atoms with E-state index in [1.54, 1.807) is 12.3 Å². The summed E-state index contributed by atoms with van der Waals surface area (Å²) in [6.45, 7) is 0. The molecule has 2 N–H and O–H groups in total. The van der Waals surface area contributed by atoms with Gasteiger partial charge >= 0.3 is 0 Å². The van der Waals surface area contributed by atoms with E-state index in [-0.39, 0.29) is 0 Å². The number of hydrogen-bond donors (Lipinski definition) is 1. The topological polar surface area (TPSA) is 51.8 Å². The molecule has 2 aromatic rings. The molecule has 1 aliphatic rings. The molecule has 0 bridgehead atoms. The van der Waals surface area contributed by atoms with Gasteiger partial charge in [0, 0.05) is 11.8 Å². The molecule has 3 nitrogen and oxygen atoms in total. The van der Waals surface area contributed by atoms with Gasteiger partial charge in [0.1, 0.15) is 5.82 Å². The number of nitrogens with zero attached hydrogens (tertiary/aromatic N) is 2. The SMILES string of the molecule is Nc1ccnc(-c2ccc(C3CCCCC3)cc2)n1. The van der Waals surface area contributed by atoms with Crippen molar-refractivity contribution < 1.29 is 0 Å². The normalized spacial score (nSPS) is 16.4. The van der Waals surface area contributed by atoms with Crippen molar-refractivity contribution in [1.29, 1.82) is 0 Å². The maximum absolute atomic E-state index is 5.69. The molecule has 3 heteroatoms. The van der Waals surface area contributed by atoms with E-state index in [9.17, 15) is 0 Å². The van der Waals surface area contributed by atoms with Crippen molar-refractivity contribution in [2.75, 3.05) is 5.73 Å². The molecule has 0 radical (unpaired) electrons. The summed E-state index contributed by atoms with van der Waals surface area (Å²) in [5.74, 6) is 1.96. The van der Waals surface area contributed by atoms with Gasteiger partial charge in [0.05, 0.1) is 0 Å². The van der Waals surface area contributed by atoms with Crippen LogP contribution in [0, 0.1) is 0 Å². The monoisotopic (exact) mass is 253 g/mol. The van der Waals surface area contributed by atoms with Gasteiger partial charge in [-0.1, -0.05) is 43.5 Å². The minimum atomic E-state index is 0.515. The summed E-state index contributed by atoms with van der Waals surface area (Å²) in [6, 6.07) is 10.4. The second-order valence-electron chi connectivity index (χ2n) is 5.26. The second-order valence-corrected chi connectivity index (χ2v) is 5.26. The van der Waals surface area contributed by atoms with Gasteiger partial charge in [0.15, 0.2) is 5.82 Å². The van der Waals surface area contributed by atoms with Crippen molar-refractivity contribution in [1.82, 2.24) is 9.97 Å². The van der Waals surface area contributed by atoms with E-state index in [1.807, 2.05) is 0 Å². The maximum Gasteiger partial charge on any atom is 0.161 e. The Morgan fingerprint density at radius 3 is 2.37 bits per heavy atom. The van der Waals surface area contributed by atoms with Crippen molar-refractivity contribution in [3.8, 4) is 11.4 Å². The van der Waals surface area contributed by atoms with Crippen molar-refractivity contribution in [2.45, 2.75) is 38.0 Å². The molecule has 1 aliphatic carbocycles. The van der Waals surface area contributed by atoms with Crippen LogP contribution in [0.3, 0.4) is 0 Å². The first-order valence-electron chi connectivity index (χ1n) is 7.02. The van der Waals surface area contributed by atoms with Crippen LogP contribution in [0.15, 0.2) is 36.5 Å². The van der Waals surface area contributed by atoms with Crippen LogP contribution in [-0.2, 0) is 0 Å². The summed E-state index contributed by atoms with van der Waals surface area (Å²) in [5.41, 5.74) is 8.18. The third kappa shape index (κ3) is 2.75. The first-order chi connectivity index (χ1) is 9.33. The Morgan fingerprint density at radius 2 is 1.68 bits per heavy atom. The highest BCUT2D eigenvalue weighted by Crippen LogP contribution is 2.33. The molecule has 0 amide bonds. The first kappa shape index (κ1) is 12.2. The molecule has 98 valence electrons. The third-order valence-electron chi connectivity index (χ3n) is 3.92. The third-order valence-corrected chi connectivity index (χ3v) is 3.92. The molecular weight excluding hydrogens is 234 g/mol. The Hall–Kier alpha value is -1.90. The van der Waals surface area contributed by atoms with Crippen LogP contribution >= 0.6 is 0 Å². The molecule has 0 atom stereocenters. The number of anilines is 1. The molecule has 1 aromatic carbocycles. The van der Waals surface area contributed by atoms with Gasteiger partial charge in [-0.05, 0) is 30.4 Å². The first-order valence-corrected chi connectivity index (χ1v) is 7.02. The molecule has 0 aliphatic heterocycles. The zero-order chi connectivity index (χ0) is 13.1. The number of rotatable bonds is 2. The van der Waals surface area contributed by atoms with Gasteiger partial charge in [-0.3, -0.25) is 0 Å². The van der Waals surface area contributed by atoms with Crippen LogP contribution in [0.1, 0.15) is 43.6 Å². The average Bonchev–Trinajstić information content (AvgIpc) is 2.48. The lowest BCUT2D eigenvalue weighted by atomic mass is 9.84. The Balaban J connectivity index is 1.82. The fourth-order valence-electron chi connectivity index (χ4n) is 2.85. The van der Waals surface area contributed by atoms with Crippen molar-refractivity contribution in [3.63, 3.8) is 0 Å². The van der Waals surface area contributed by atoms with E-state index in [1.165, 1.54) is 37.7 Å². The quantitative estimate of drug-likeness (QED) is 0.886. The fraction of sp³-hybridized carbons (Fsp3) is 0.375. The van der Waals surface area contributed by atoms with Crippen LogP contribution in [0.4, 0.5) is 5.82 Å². The standard InChI is InChI=1S/C16H19N3/c17-15-10-11-18-16(19-15)14-8-6-13(7-9-14)12-4-2-1-3-5-12/h6-12H,1-5H2,(H2,17,18,19). The van der Waals surface area contributed by atoms with Gasteiger partial charge in [-0.15, -0.1) is 0 Å². The molecule has 19 heavy (non-hydrogen) atoms. The fourth-order valence-corrected chi connectivity index (χ4v) is 2.85. The average molecular weight is 253 g/mol. The van der Waals surface area contributed by atoms with Crippen LogP contribution in [0.25, 0.3) is 11.4 Å². The van der Waals surface area contributed by atoms with E-state index in [4.69, 9.17) is 5.73 Å². The van der Waals surface area contributed by atoms with E-state index < -0.39 is 0 Å². The molecular formula is C16H19N3. The lowest BCUT2D eigenvalue weighted by Crippen LogP contribution is -2.04. The molecule has 3 rings (SSSR count). The Morgan fingerprint density at radius 1 is 0.947 bits per heavy atom. The highest BCUT2D eigenvalue weighted by Gasteiger charge is 2.15. The molecule has 1 heterocycles. The summed E-state index contributed by atoms with van der Waals surface area (Å²) in [4.78, 5) is 8.51. The van der Waals surface area contributed by atoms with Crippen LogP contribution in [0.2, 0.25) is 0 Å². The van der Waals surface area contributed by atoms with Crippen molar-refractivity contribution in [2.24, 2.45) is 0 Å². The van der Waals surface area contributed by atoms with Gasteiger partial charge < -0.3 is 5.73 Å². The van der Waals surface area contributed by atoms with Gasteiger partial charge in [0.25, 0.3) is 0 Å². The lowest BCUT2D eigenvalue weighted by Gasteiger charge is -2.22. The van der Waals surface area contributed by atoms with Crippen molar-refractivity contribution in [3.05, 3.63) is 42.1 Å². The van der Waals surface area contributed by atoms with Crippen LogP contribution in [0.5, 0.6) is 0 Å². The Bertz CT molecular complexity index is 542. The number of aromatic nitrogens is 2. The minimum absolute atomic E-state index is 0.515. The molecule has 0 spiro atoms. The molecule has 1 saturated carbocycles. The Kier molecular flexibility index (Phi) is 3.45. The predicted molar refractivity (Wildman–Crippen MR) is 77.7 cm³/mol. The summed E-state index contributed by atoms with van der Waals surface area (Å²) in [6.07, 6.45) is 8.48. The van der Waals surface area contributed by atoms with E-state index in [0.717, 1.165) is 11.5 Å². The van der Waals surface area contributed by atoms with E-state index in [2.05, 4.69) is 34.2 Å². The highest BCUT2D eigenvalue weighted by atomic mass is 14.9. The zero-order valence-corrected chi connectivity index (χ0v) is 11.0. The van der Waals surface area contributed by atoms with Crippen LogP contribution < -0.4 is 5.73 Å². The summed E-state index contributed by atoms with van der Waals surface area (Å²) >= 11 is 0. The minimum Gasteiger partial charge on any atom is -0.384 e. The summed E-state index contributed by atoms with van der Waals surface area (Å²) in [7, 11) is 0. The molecule has 0 saturated heterocycles. The van der Waals surface area contributed by atoms with E-state index in [0.29, 0.717) is 11.6 Å². The van der Waals surface area contributed by atoms with Crippen LogP contribution in [-0.4, -0.2) is 9.97 Å². The summed E-state index contributed by atoms with van der Waals surface area (Å²) < 4.78 is 0. The molecule has 1 fully saturated rings. The second kappa shape index (κ2) is 5.39. The maximum atomic E-state index is 5.69. The predicted octanol–water partition coefficient (Wildman–Crippen LogP) is 3.77. The van der Waals surface area contributed by atoms with E-state index >= 15 is 0 Å². The highest BCUT2D eigenvalue weighted by molar-refractivity contribution is 5.56. The zero-order valence-electron chi connectivity index (χ0n) is 11.0. The number of nitrogen functional groups attached to an aromatic ring is 1. The largest absolute Gasteiger partial charge is 0.384 e. The lowest BCUT2D eigenvalue weighted by molar-refractivity contribution is 0.443. The van der Waals surface area contributed by atoms with Gasteiger partial charge in [-0.2, -0.15) is 0 Å². The summed E-state index contributed by atoms with van der Waals surface area (Å²) in [5, 5.41) is 0. The molecule has 0 unspecified atom stereocenters. The number of benzene rings is 1. The molecule has 1 aromatic heterocycles. The van der Waals surface area contributed by atoms with Gasteiger partial charge in [-0.25, -0.2) is 9.97 Å². The number of hydrogen-bond acceptors (Lipinski definition) is 3. The van der Waals surface area contributed by atoms with Crippen molar-refractivity contribution >= 4 is 5.82 Å². The Labute approximate surface area is 113 Å². The smallest absolute Gasteiger partial charge is 0.161 e. The number of nitrogens with two attached hydrogens (primary N) is 1.